The smallest absolute Gasteiger partial charge is 0.233 e. The van der Waals surface area contributed by atoms with Crippen molar-refractivity contribution in [2.45, 2.75) is 10.9 Å². The molecule has 1 N–H and O–H groups in total. The summed E-state index contributed by atoms with van der Waals surface area (Å²) in [6, 6.07) is 13.6. The number of thioether (sulfide) groups is 1. The Hall–Kier alpha value is -2.65. The molecule has 0 unspecified atom stereocenters. The van der Waals surface area contributed by atoms with E-state index in [9.17, 15) is 9.18 Å². The van der Waals surface area contributed by atoms with Gasteiger partial charge in [-0.3, -0.25) is 4.79 Å². The van der Waals surface area contributed by atoms with Gasteiger partial charge < -0.3 is 15.0 Å². The lowest BCUT2D eigenvalue weighted by atomic mass is 10.2. The molecule has 0 saturated carbocycles. The fourth-order valence-corrected chi connectivity index (χ4v) is 4.04. The summed E-state index contributed by atoms with van der Waals surface area (Å²) in [6.07, 6.45) is 0. The van der Waals surface area contributed by atoms with Gasteiger partial charge in [0, 0.05) is 25.3 Å². The molecule has 1 aromatic heterocycles. The Morgan fingerprint density at radius 3 is 2.79 bits per heavy atom. The number of ether oxygens (including phenoxy) is 1. The van der Waals surface area contributed by atoms with Gasteiger partial charge in [-0.25, -0.2) is 4.39 Å². The molecule has 3 rings (SSSR count). The lowest BCUT2D eigenvalue weighted by Crippen LogP contribution is -2.27. The molecule has 146 valence electrons. The Kier molecular flexibility index (Phi) is 6.83. The van der Waals surface area contributed by atoms with Crippen LogP contribution in [0.3, 0.4) is 0 Å². The van der Waals surface area contributed by atoms with Gasteiger partial charge in [0.25, 0.3) is 0 Å². The molecule has 0 aliphatic rings. The van der Waals surface area contributed by atoms with E-state index in [4.69, 9.17) is 4.74 Å². The standard InChI is InChI=1S/C19H19FN4O2S2/c1-24(11-13-6-8-14(20)9-7-13)17(25)12-27-19-23-22-18(28-19)21-15-4-3-5-16(10-15)26-2/h3-10H,11-12H2,1-2H3,(H,21,22). The third-order valence-corrected chi connectivity index (χ3v) is 5.76. The largest absolute Gasteiger partial charge is 0.497 e. The van der Waals surface area contributed by atoms with Crippen LogP contribution in [-0.2, 0) is 11.3 Å². The van der Waals surface area contributed by atoms with Crippen LogP contribution in [0.25, 0.3) is 0 Å². The fourth-order valence-electron chi connectivity index (χ4n) is 2.33. The first-order valence-electron chi connectivity index (χ1n) is 8.39. The van der Waals surface area contributed by atoms with Gasteiger partial charge in [0.05, 0.1) is 12.9 Å². The molecule has 1 amide bonds. The minimum atomic E-state index is -0.289. The normalized spacial score (nSPS) is 10.5. The maximum Gasteiger partial charge on any atom is 0.233 e. The van der Waals surface area contributed by atoms with E-state index in [-0.39, 0.29) is 17.5 Å². The maximum absolute atomic E-state index is 13.0. The van der Waals surface area contributed by atoms with E-state index in [0.717, 1.165) is 17.0 Å². The summed E-state index contributed by atoms with van der Waals surface area (Å²) < 4.78 is 18.9. The predicted octanol–water partition coefficient (Wildman–Crippen LogP) is 4.18. The van der Waals surface area contributed by atoms with Crippen LogP contribution >= 0.6 is 23.1 Å². The Balaban J connectivity index is 1.50. The highest BCUT2D eigenvalue weighted by Gasteiger charge is 2.13. The first kappa shape index (κ1) is 20.1. The molecule has 0 radical (unpaired) electrons. The van der Waals surface area contributed by atoms with Crippen molar-refractivity contribution in [1.29, 1.82) is 0 Å². The number of carbonyl (C=O) groups excluding carboxylic acids is 1. The summed E-state index contributed by atoms with van der Waals surface area (Å²) in [5, 5.41) is 12.0. The van der Waals surface area contributed by atoms with Crippen LogP contribution in [0.4, 0.5) is 15.2 Å². The zero-order valence-electron chi connectivity index (χ0n) is 15.4. The van der Waals surface area contributed by atoms with Crippen LogP contribution in [0.15, 0.2) is 52.9 Å². The van der Waals surface area contributed by atoms with Crippen molar-refractivity contribution in [1.82, 2.24) is 15.1 Å². The van der Waals surface area contributed by atoms with Crippen molar-refractivity contribution in [3.63, 3.8) is 0 Å². The molecule has 0 fully saturated rings. The van der Waals surface area contributed by atoms with Crippen molar-refractivity contribution in [3.8, 4) is 5.75 Å². The van der Waals surface area contributed by atoms with E-state index in [2.05, 4.69) is 15.5 Å². The van der Waals surface area contributed by atoms with Gasteiger partial charge in [-0.1, -0.05) is 41.3 Å². The molecule has 0 atom stereocenters. The number of nitrogens with one attached hydrogen (secondary N) is 1. The molecule has 0 aliphatic carbocycles. The van der Waals surface area contributed by atoms with E-state index in [1.165, 1.54) is 35.2 Å². The van der Waals surface area contributed by atoms with Gasteiger partial charge in [0.2, 0.25) is 11.0 Å². The number of anilines is 2. The highest BCUT2D eigenvalue weighted by atomic mass is 32.2. The van der Waals surface area contributed by atoms with Crippen molar-refractivity contribution in [2.75, 3.05) is 25.2 Å². The zero-order chi connectivity index (χ0) is 19.9. The van der Waals surface area contributed by atoms with Crippen molar-refractivity contribution >= 4 is 39.8 Å². The second kappa shape index (κ2) is 9.52. The van der Waals surface area contributed by atoms with Crippen LogP contribution in [0.5, 0.6) is 5.75 Å². The molecule has 0 aliphatic heterocycles. The Bertz CT molecular complexity index is 934. The SMILES string of the molecule is COc1cccc(Nc2nnc(SCC(=O)N(C)Cc3ccc(F)cc3)s2)c1. The van der Waals surface area contributed by atoms with E-state index < -0.39 is 0 Å². The molecule has 1 heterocycles. The predicted molar refractivity (Wildman–Crippen MR) is 110 cm³/mol. The molecule has 28 heavy (non-hydrogen) atoms. The van der Waals surface area contributed by atoms with Crippen LogP contribution < -0.4 is 10.1 Å². The average molecular weight is 419 g/mol. The molecular weight excluding hydrogens is 399 g/mol. The second-order valence-electron chi connectivity index (χ2n) is 5.90. The van der Waals surface area contributed by atoms with Crippen molar-refractivity contribution in [2.24, 2.45) is 0 Å². The van der Waals surface area contributed by atoms with Crippen molar-refractivity contribution in [3.05, 3.63) is 59.9 Å². The molecule has 9 heteroatoms. The number of carbonyl (C=O) groups is 1. The molecule has 0 bridgehead atoms. The summed E-state index contributed by atoms with van der Waals surface area (Å²) in [7, 11) is 3.34. The number of hydrogen-bond acceptors (Lipinski definition) is 7. The summed E-state index contributed by atoms with van der Waals surface area (Å²) in [5.41, 5.74) is 1.73. The van der Waals surface area contributed by atoms with Gasteiger partial charge in [0.1, 0.15) is 11.6 Å². The number of benzene rings is 2. The summed E-state index contributed by atoms with van der Waals surface area (Å²) in [5.74, 6) is 0.680. The first-order chi connectivity index (χ1) is 13.5. The van der Waals surface area contributed by atoms with E-state index in [1.807, 2.05) is 24.3 Å². The van der Waals surface area contributed by atoms with Crippen LogP contribution in [0.2, 0.25) is 0 Å². The summed E-state index contributed by atoms with van der Waals surface area (Å²) in [4.78, 5) is 13.9. The number of hydrogen-bond donors (Lipinski definition) is 1. The molecule has 0 spiro atoms. The van der Waals surface area contributed by atoms with E-state index in [0.29, 0.717) is 16.0 Å². The van der Waals surface area contributed by atoms with Gasteiger partial charge in [-0.2, -0.15) is 0 Å². The van der Waals surface area contributed by atoms with Crippen LogP contribution in [-0.4, -0.2) is 40.9 Å². The number of amides is 1. The number of methoxy groups -OCH3 is 1. The van der Waals surface area contributed by atoms with Gasteiger partial charge in [-0.15, -0.1) is 10.2 Å². The van der Waals surface area contributed by atoms with Gasteiger partial charge in [0.15, 0.2) is 4.34 Å². The number of rotatable bonds is 8. The minimum absolute atomic E-state index is 0.0353. The fraction of sp³-hybridized carbons (Fsp3) is 0.211. The van der Waals surface area contributed by atoms with Gasteiger partial charge >= 0.3 is 0 Å². The third-order valence-electron chi connectivity index (χ3n) is 3.81. The minimum Gasteiger partial charge on any atom is -0.497 e. The quantitative estimate of drug-likeness (QED) is 0.554. The molecule has 6 nitrogen and oxygen atoms in total. The topological polar surface area (TPSA) is 67.3 Å². The first-order valence-corrected chi connectivity index (χ1v) is 10.2. The summed E-state index contributed by atoms with van der Waals surface area (Å²) >= 11 is 2.71. The van der Waals surface area contributed by atoms with Crippen LogP contribution in [0.1, 0.15) is 5.56 Å². The van der Waals surface area contributed by atoms with E-state index >= 15 is 0 Å². The third kappa shape index (κ3) is 5.67. The maximum atomic E-state index is 13.0. The Morgan fingerprint density at radius 1 is 1.25 bits per heavy atom. The molecule has 2 aromatic carbocycles. The number of nitrogens with zero attached hydrogens (tertiary/aromatic N) is 3. The Morgan fingerprint density at radius 2 is 2.04 bits per heavy atom. The van der Waals surface area contributed by atoms with E-state index in [1.54, 1.807) is 31.2 Å². The monoisotopic (exact) mass is 418 g/mol. The summed E-state index contributed by atoms with van der Waals surface area (Å²) in [6.45, 7) is 0.429. The van der Waals surface area contributed by atoms with Crippen molar-refractivity contribution < 1.29 is 13.9 Å². The number of aromatic nitrogens is 2. The second-order valence-corrected chi connectivity index (χ2v) is 8.10. The lowest BCUT2D eigenvalue weighted by Gasteiger charge is -2.16. The zero-order valence-corrected chi connectivity index (χ0v) is 17.0. The molecular formula is C19H19FN4O2S2. The molecule has 3 aromatic rings. The number of halogens is 1. The average Bonchev–Trinajstić information content (AvgIpc) is 3.15. The van der Waals surface area contributed by atoms with Gasteiger partial charge in [-0.05, 0) is 29.8 Å². The highest BCUT2D eigenvalue weighted by Crippen LogP contribution is 2.28. The van der Waals surface area contributed by atoms with Crippen LogP contribution in [0, 0.1) is 5.82 Å². The molecule has 0 saturated heterocycles. The highest BCUT2D eigenvalue weighted by molar-refractivity contribution is 8.01. The lowest BCUT2D eigenvalue weighted by molar-refractivity contribution is -0.127. The Labute approximate surface area is 170 Å².